The van der Waals surface area contributed by atoms with Crippen LogP contribution in [0.25, 0.3) is 5.69 Å². The molecule has 2 aromatic rings. The lowest BCUT2D eigenvalue weighted by Gasteiger charge is -2.08. The van der Waals surface area contributed by atoms with Gasteiger partial charge in [-0.05, 0) is 30.5 Å². The minimum Gasteiger partial charge on any atom is -0.461 e. The molecular weight excluding hydrogens is 254 g/mol. The highest BCUT2D eigenvalue weighted by atomic mass is 16.5. The van der Waals surface area contributed by atoms with Crippen molar-refractivity contribution in [2.75, 3.05) is 12.3 Å². The number of nitrogen functional groups attached to an aromatic ring is 1. The van der Waals surface area contributed by atoms with E-state index < -0.39 is 5.97 Å². The largest absolute Gasteiger partial charge is 0.461 e. The first kappa shape index (κ1) is 14.1. The second-order valence-corrected chi connectivity index (χ2v) is 4.83. The minimum atomic E-state index is -0.461. The fraction of sp³-hybridized carbons (Fsp3) is 0.333. The summed E-state index contributed by atoms with van der Waals surface area (Å²) in [6.45, 7) is 6.34. The molecule has 0 spiro atoms. The van der Waals surface area contributed by atoms with Crippen molar-refractivity contribution in [1.82, 2.24) is 9.78 Å². The Balaban J connectivity index is 2.31. The number of carbonyl (C=O) groups excluding carboxylic acids is 1. The van der Waals surface area contributed by atoms with Crippen molar-refractivity contribution in [3.05, 3.63) is 41.6 Å². The number of rotatable bonds is 4. The fourth-order valence-electron chi connectivity index (χ4n) is 1.91. The second-order valence-electron chi connectivity index (χ2n) is 4.83. The first-order valence-electron chi connectivity index (χ1n) is 6.66. The molecule has 1 aromatic carbocycles. The van der Waals surface area contributed by atoms with Crippen LogP contribution in [0.3, 0.4) is 0 Å². The van der Waals surface area contributed by atoms with Crippen LogP contribution in [0.2, 0.25) is 0 Å². The number of hydrogen-bond donors (Lipinski definition) is 1. The summed E-state index contributed by atoms with van der Waals surface area (Å²) in [5.74, 6) is 0.413. The zero-order valence-corrected chi connectivity index (χ0v) is 12.0. The van der Waals surface area contributed by atoms with Gasteiger partial charge in [0.05, 0.1) is 12.3 Å². The summed E-state index contributed by atoms with van der Waals surface area (Å²) in [5.41, 5.74) is 8.18. The Morgan fingerprint density at radius 3 is 2.55 bits per heavy atom. The molecule has 1 heterocycles. The quantitative estimate of drug-likeness (QED) is 0.869. The fourth-order valence-corrected chi connectivity index (χ4v) is 1.91. The van der Waals surface area contributed by atoms with Crippen molar-refractivity contribution >= 4 is 11.8 Å². The lowest BCUT2D eigenvalue weighted by molar-refractivity contribution is 0.0519. The molecule has 2 rings (SSSR count). The van der Waals surface area contributed by atoms with Crippen LogP contribution in [0, 0.1) is 0 Å². The highest BCUT2D eigenvalue weighted by Crippen LogP contribution is 2.19. The minimum absolute atomic E-state index is 0.220. The average molecular weight is 273 g/mol. The third-order valence-corrected chi connectivity index (χ3v) is 3.03. The molecule has 0 bridgehead atoms. The molecule has 0 amide bonds. The van der Waals surface area contributed by atoms with Crippen LogP contribution in [0.5, 0.6) is 0 Å². The Morgan fingerprint density at radius 1 is 1.35 bits per heavy atom. The predicted octanol–water partition coefficient (Wildman–Crippen LogP) is 2.75. The van der Waals surface area contributed by atoms with E-state index in [9.17, 15) is 4.79 Å². The van der Waals surface area contributed by atoms with Gasteiger partial charge in [-0.15, -0.1) is 0 Å². The van der Waals surface area contributed by atoms with Gasteiger partial charge < -0.3 is 10.5 Å². The van der Waals surface area contributed by atoms with Crippen molar-refractivity contribution < 1.29 is 9.53 Å². The molecule has 0 atom stereocenters. The van der Waals surface area contributed by atoms with Crippen LogP contribution in [0.1, 0.15) is 42.7 Å². The van der Waals surface area contributed by atoms with E-state index in [0.29, 0.717) is 18.3 Å². The zero-order valence-electron chi connectivity index (χ0n) is 12.0. The number of anilines is 1. The molecule has 0 fully saturated rings. The third-order valence-electron chi connectivity index (χ3n) is 3.03. The van der Waals surface area contributed by atoms with Crippen molar-refractivity contribution in [1.29, 1.82) is 0 Å². The van der Waals surface area contributed by atoms with Gasteiger partial charge in [-0.25, -0.2) is 9.48 Å². The summed E-state index contributed by atoms with van der Waals surface area (Å²) >= 11 is 0. The molecule has 0 saturated heterocycles. The molecule has 106 valence electrons. The topological polar surface area (TPSA) is 70.1 Å². The summed E-state index contributed by atoms with van der Waals surface area (Å²) < 4.78 is 6.45. The number of aromatic nitrogens is 2. The van der Waals surface area contributed by atoms with E-state index in [2.05, 4.69) is 18.9 Å². The van der Waals surface area contributed by atoms with Crippen LogP contribution in [0.15, 0.2) is 30.3 Å². The van der Waals surface area contributed by atoms with Gasteiger partial charge in [-0.3, -0.25) is 0 Å². The number of hydrogen-bond acceptors (Lipinski definition) is 4. The predicted molar refractivity (Wildman–Crippen MR) is 78.0 cm³/mol. The molecule has 20 heavy (non-hydrogen) atoms. The van der Waals surface area contributed by atoms with E-state index >= 15 is 0 Å². The van der Waals surface area contributed by atoms with E-state index in [-0.39, 0.29) is 5.69 Å². The van der Waals surface area contributed by atoms with E-state index in [1.165, 1.54) is 16.3 Å². The third kappa shape index (κ3) is 2.82. The number of nitrogens with two attached hydrogens (primary N) is 1. The van der Waals surface area contributed by atoms with Crippen molar-refractivity contribution in [3.8, 4) is 5.69 Å². The van der Waals surface area contributed by atoms with Gasteiger partial charge in [-0.1, -0.05) is 26.0 Å². The van der Waals surface area contributed by atoms with E-state index in [4.69, 9.17) is 10.5 Å². The van der Waals surface area contributed by atoms with Gasteiger partial charge in [0.25, 0.3) is 0 Å². The number of carbonyl (C=O) groups is 1. The van der Waals surface area contributed by atoms with Crippen molar-refractivity contribution in [2.24, 2.45) is 0 Å². The molecule has 1 aromatic heterocycles. The maximum atomic E-state index is 11.6. The molecule has 5 heteroatoms. The van der Waals surface area contributed by atoms with E-state index in [1.807, 2.05) is 24.3 Å². The smallest absolute Gasteiger partial charge is 0.358 e. The highest BCUT2D eigenvalue weighted by molar-refractivity contribution is 5.88. The zero-order chi connectivity index (χ0) is 14.7. The van der Waals surface area contributed by atoms with E-state index in [1.54, 1.807) is 6.92 Å². The molecule has 5 nitrogen and oxygen atoms in total. The maximum absolute atomic E-state index is 11.6. The Kier molecular flexibility index (Phi) is 4.08. The first-order valence-corrected chi connectivity index (χ1v) is 6.66. The molecule has 2 N–H and O–H groups in total. The van der Waals surface area contributed by atoms with Crippen LogP contribution < -0.4 is 5.73 Å². The van der Waals surface area contributed by atoms with Crippen LogP contribution in [-0.2, 0) is 4.74 Å². The Labute approximate surface area is 118 Å². The van der Waals surface area contributed by atoms with Crippen molar-refractivity contribution in [2.45, 2.75) is 26.7 Å². The molecule has 0 saturated carbocycles. The summed E-state index contributed by atoms with van der Waals surface area (Å²) in [5, 5.41) is 4.19. The number of benzene rings is 1. The molecular formula is C15H19N3O2. The Bertz CT molecular complexity index is 600. The second kappa shape index (κ2) is 5.77. The van der Waals surface area contributed by atoms with E-state index in [0.717, 1.165) is 5.69 Å². The molecule has 0 aliphatic rings. The first-order chi connectivity index (χ1) is 9.52. The normalized spacial score (nSPS) is 10.8. The number of nitrogens with zero attached hydrogens (tertiary/aromatic N) is 2. The summed E-state index contributed by atoms with van der Waals surface area (Å²) in [4.78, 5) is 11.6. The Hall–Kier alpha value is -2.30. The monoisotopic (exact) mass is 273 g/mol. The maximum Gasteiger partial charge on any atom is 0.358 e. The van der Waals surface area contributed by atoms with Crippen molar-refractivity contribution in [3.63, 3.8) is 0 Å². The summed E-state index contributed by atoms with van der Waals surface area (Å²) in [6.07, 6.45) is 0. The van der Waals surface area contributed by atoms with Gasteiger partial charge in [0, 0.05) is 6.07 Å². The molecule has 0 aliphatic heterocycles. The highest BCUT2D eigenvalue weighted by Gasteiger charge is 2.14. The standard InChI is InChI=1S/C15H19N3O2/c1-4-20-15(19)13-9-14(16)18(17-13)12-7-5-11(6-8-12)10(2)3/h5-10H,4,16H2,1-3H3. The molecule has 0 radical (unpaired) electrons. The summed E-state index contributed by atoms with van der Waals surface area (Å²) in [6, 6.07) is 9.46. The number of ether oxygens (including phenoxy) is 1. The van der Waals surface area contributed by atoms with Gasteiger partial charge in [0.1, 0.15) is 5.82 Å². The lowest BCUT2D eigenvalue weighted by atomic mass is 10.0. The summed E-state index contributed by atoms with van der Waals surface area (Å²) in [7, 11) is 0. The van der Waals surface area contributed by atoms with Crippen LogP contribution >= 0.6 is 0 Å². The van der Waals surface area contributed by atoms with Gasteiger partial charge in [0.15, 0.2) is 5.69 Å². The van der Waals surface area contributed by atoms with Crippen LogP contribution in [0.4, 0.5) is 5.82 Å². The Morgan fingerprint density at radius 2 is 2.00 bits per heavy atom. The van der Waals surface area contributed by atoms with Crippen LogP contribution in [-0.4, -0.2) is 22.4 Å². The van der Waals surface area contributed by atoms with Gasteiger partial charge in [-0.2, -0.15) is 5.10 Å². The number of esters is 1. The SMILES string of the molecule is CCOC(=O)c1cc(N)n(-c2ccc(C(C)C)cc2)n1. The average Bonchev–Trinajstić information content (AvgIpc) is 2.81. The molecule has 0 aliphatic carbocycles. The lowest BCUT2D eigenvalue weighted by Crippen LogP contribution is -2.07. The van der Waals surface area contributed by atoms with Gasteiger partial charge in [0.2, 0.25) is 0 Å². The van der Waals surface area contributed by atoms with Gasteiger partial charge >= 0.3 is 5.97 Å². The molecule has 0 unspecified atom stereocenters.